The molecule has 4 heteroatoms. The zero-order valence-electron chi connectivity index (χ0n) is 30.2. The maximum absolute atomic E-state index is 12.7. The maximum Gasteiger partial charge on any atom is 0.338 e. The van der Waals surface area contributed by atoms with E-state index in [4.69, 9.17) is 4.74 Å². The molecular weight excluding hydrogens is 566 g/mol. The second kappa shape index (κ2) is 11.0. The highest BCUT2D eigenvalue weighted by molar-refractivity contribution is 5.90. The van der Waals surface area contributed by atoms with Crippen LogP contribution in [0.4, 0.5) is 0 Å². The minimum atomic E-state index is -0.505. The van der Waals surface area contributed by atoms with E-state index in [1.807, 2.05) is 32.9 Å². The van der Waals surface area contributed by atoms with Gasteiger partial charge in [-0.05, 0) is 171 Å². The van der Waals surface area contributed by atoms with Gasteiger partial charge in [0.15, 0.2) is 0 Å². The molecule has 4 fully saturated rings. The summed E-state index contributed by atoms with van der Waals surface area (Å²) in [5.74, 6) is 2.76. The topological polar surface area (TPSA) is 55.7 Å². The zero-order valence-corrected chi connectivity index (χ0v) is 30.2. The molecule has 8 unspecified atom stereocenters. The standard InChI is InChI=1S/C42H59NO3/c1-27(2)30-17-22-42(25-26-43-45)24-23-40(9)32(35(30)42)15-16-34-39(8)20-18-31(38(6,7)33(39)19-21-41(34,40)10)28-11-13-29(14-12-28)36(44)46-37(3,4)5/h11-14,18,25-26,30,32-35H,1,15-17,19-24H2,2-10H3/b26-25+/t30?,32?,33?,34?,35?,39?,40-,41?,42?/m1/s1. The van der Waals surface area contributed by atoms with Crippen LogP contribution in [0.25, 0.3) is 5.57 Å². The Morgan fingerprint density at radius 3 is 2.24 bits per heavy atom. The van der Waals surface area contributed by atoms with Crippen LogP contribution in [0.2, 0.25) is 0 Å². The van der Waals surface area contributed by atoms with Crippen molar-refractivity contribution in [1.29, 1.82) is 0 Å². The Morgan fingerprint density at radius 1 is 0.913 bits per heavy atom. The molecule has 5 aliphatic carbocycles. The highest BCUT2D eigenvalue weighted by Gasteiger charge is 2.70. The summed E-state index contributed by atoms with van der Waals surface area (Å²) < 4.78 is 5.62. The first kappa shape index (κ1) is 33.4. The van der Waals surface area contributed by atoms with Crippen molar-refractivity contribution in [3.63, 3.8) is 0 Å². The molecule has 0 N–H and O–H groups in total. The molecular formula is C42H59NO3. The van der Waals surface area contributed by atoms with Crippen LogP contribution in [0.1, 0.15) is 136 Å². The predicted molar refractivity (Wildman–Crippen MR) is 189 cm³/mol. The number of rotatable bonds is 5. The van der Waals surface area contributed by atoms with Gasteiger partial charge in [0, 0.05) is 0 Å². The Bertz CT molecular complexity index is 1460. The molecule has 1 aromatic rings. The Kier molecular flexibility index (Phi) is 8.01. The molecule has 6 rings (SSSR count). The van der Waals surface area contributed by atoms with E-state index in [2.05, 4.69) is 77.6 Å². The lowest BCUT2D eigenvalue weighted by atomic mass is 9.32. The number of hydrogen-bond donors (Lipinski definition) is 0. The van der Waals surface area contributed by atoms with Gasteiger partial charge in [-0.3, -0.25) is 0 Å². The fourth-order valence-corrected chi connectivity index (χ4v) is 12.9. The molecule has 250 valence electrons. The van der Waals surface area contributed by atoms with Gasteiger partial charge in [0.1, 0.15) is 5.60 Å². The number of nitrogens with zero attached hydrogens (tertiary/aromatic N) is 1. The number of nitroso groups, excluding NO2 is 1. The van der Waals surface area contributed by atoms with Crippen molar-refractivity contribution in [1.82, 2.24) is 0 Å². The summed E-state index contributed by atoms with van der Waals surface area (Å²) in [6.07, 6.45) is 17.3. The van der Waals surface area contributed by atoms with E-state index >= 15 is 0 Å². The quantitative estimate of drug-likeness (QED) is 0.186. The fourth-order valence-electron chi connectivity index (χ4n) is 12.9. The third kappa shape index (κ3) is 4.85. The smallest absolute Gasteiger partial charge is 0.338 e. The number of carbonyl (C=O) groups excluding carboxylic acids is 1. The molecule has 9 atom stereocenters. The van der Waals surface area contributed by atoms with E-state index in [1.165, 1.54) is 55.2 Å². The maximum atomic E-state index is 12.7. The average Bonchev–Trinajstić information content (AvgIpc) is 3.36. The van der Waals surface area contributed by atoms with Gasteiger partial charge in [0.25, 0.3) is 0 Å². The molecule has 1 aromatic carbocycles. The van der Waals surface area contributed by atoms with Crippen molar-refractivity contribution >= 4 is 11.5 Å². The minimum Gasteiger partial charge on any atom is -0.456 e. The number of fused-ring (bicyclic) bond motifs is 7. The second-order valence-corrected chi connectivity index (χ2v) is 18.5. The summed E-state index contributed by atoms with van der Waals surface area (Å²) in [5.41, 5.74) is 5.01. The molecule has 4 nitrogen and oxygen atoms in total. The number of allylic oxidation sites excluding steroid dienone is 4. The summed E-state index contributed by atoms with van der Waals surface area (Å²) in [6.45, 7) is 25.4. The number of hydrogen-bond acceptors (Lipinski definition) is 4. The Labute approximate surface area is 278 Å². The molecule has 0 radical (unpaired) electrons. The summed E-state index contributed by atoms with van der Waals surface area (Å²) in [6, 6.07) is 8.16. The first-order valence-corrected chi connectivity index (χ1v) is 18.1. The van der Waals surface area contributed by atoms with Gasteiger partial charge >= 0.3 is 5.97 Å². The van der Waals surface area contributed by atoms with Gasteiger partial charge in [-0.25, -0.2) is 4.79 Å². The van der Waals surface area contributed by atoms with Gasteiger partial charge in [-0.1, -0.05) is 71.1 Å². The second-order valence-electron chi connectivity index (χ2n) is 18.5. The van der Waals surface area contributed by atoms with Crippen molar-refractivity contribution in [3.05, 3.63) is 70.8 Å². The van der Waals surface area contributed by atoms with Crippen molar-refractivity contribution in [2.24, 2.45) is 61.8 Å². The van der Waals surface area contributed by atoms with Crippen molar-refractivity contribution < 1.29 is 9.53 Å². The van der Waals surface area contributed by atoms with Crippen LogP contribution in [0.5, 0.6) is 0 Å². The van der Waals surface area contributed by atoms with Gasteiger partial charge in [-0.2, -0.15) is 0 Å². The van der Waals surface area contributed by atoms with Gasteiger partial charge < -0.3 is 4.74 Å². The average molecular weight is 626 g/mol. The van der Waals surface area contributed by atoms with E-state index in [0.717, 1.165) is 19.3 Å². The minimum absolute atomic E-state index is 0.0321. The van der Waals surface area contributed by atoms with Crippen molar-refractivity contribution in [2.75, 3.05) is 0 Å². The summed E-state index contributed by atoms with van der Waals surface area (Å²) in [7, 11) is 0. The van der Waals surface area contributed by atoms with Crippen molar-refractivity contribution in [2.45, 2.75) is 126 Å². The van der Waals surface area contributed by atoms with E-state index in [0.29, 0.717) is 35.2 Å². The van der Waals surface area contributed by atoms with Crippen LogP contribution in [-0.2, 0) is 4.74 Å². The molecule has 0 bridgehead atoms. The number of esters is 1. The third-order valence-electron chi connectivity index (χ3n) is 15.0. The Balaban J connectivity index is 1.31. The van der Waals surface area contributed by atoms with Crippen LogP contribution in [-0.4, -0.2) is 11.6 Å². The molecule has 46 heavy (non-hydrogen) atoms. The van der Waals surface area contributed by atoms with Crippen LogP contribution < -0.4 is 0 Å². The van der Waals surface area contributed by atoms with Gasteiger partial charge in [0.05, 0.1) is 11.8 Å². The SMILES string of the molecule is C=C(C)C1CCC2(/C=C/N=O)CC[C@]3(C)C(CCC4C5(C)CC=C(c6ccc(C(=O)OC(C)(C)C)cc6)C(C)(C)C5CCC43C)C12. The normalized spacial score (nSPS) is 41.4. The Morgan fingerprint density at radius 2 is 1.61 bits per heavy atom. The number of ether oxygens (including phenoxy) is 1. The van der Waals surface area contributed by atoms with Crippen molar-refractivity contribution in [3.8, 4) is 0 Å². The van der Waals surface area contributed by atoms with E-state index in [-0.39, 0.29) is 33.0 Å². The van der Waals surface area contributed by atoms with Crippen LogP contribution in [0.15, 0.2) is 59.9 Å². The lowest BCUT2D eigenvalue weighted by molar-refractivity contribution is -0.221. The summed E-state index contributed by atoms with van der Waals surface area (Å²) in [5, 5.41) is 3.20. The lowest BCUT2D eigenvalue weighted by Crippen LogP contribution is -2.65. The fraction of sp³-hybridized carbons (Fsp3) is 0.690. The first-order valence-electron chi connectivity index (χ1n) is 18.1. The highest BCUT2D eigenvalue weighted by atomic mass is 16.6. The highest BCUT2D eigenvalue weighted by Crippen LogP contribution is 2.77. The molecule has 0 saturated heterocycles. The van der Waals surface area contributed by atoms with Gasteiger partial charge in [-0.15, -0.1) is 4.91 Å². The van der Waals surface area contributed by atoms with Crippen LogP contribution in [0.3, 0.4) is 0 Å². The molecule has 0 spiro atoms. The first-order chi connectivity index (χ1) is 21.4. The van der Waals surface area contributed by atoms with E-state index < -0.39 is 5.60 Å². The Hall–Kier alpha value is -2.49. The number of benzene rings is 1. The third-order valence-corrected chi connectivity index (χ3v) is 15.0. The monoisotopic (exact) mass is 625 g/mol. The molecule has 0 aromatic heterocycles. The summed E-state index contributed by atoms with van der Waals surface area (Å²) in [4.78, 5) is 24.0. The summed E-state index contributed by atoms with van der Waals surface area (Å²) >= 11 is 0. The van der Waals surface area contributed by atoms with E-state index in [1.54, 1.807) is 6.20 Å². The molecule has 0 heterocycles. The molecule has 5 aliphatic rings. The predicted octanol–water partition coefficient (Wildman–Crippen LogP) is 11.6. The van der Waals surface area contributed by atoms with Crippen LogP contribution >= 0.6 is 0 Å². The molecule has 0 amide bonds. The van der Waals surface area contributed by atoms with Gasteiger partial charge in [0.2, 0.25) is 0 Å². The lowest BCUT2D eigenvalue weighted by Gasteiger charge is -2.72. The zero-order chi connectivity index (χ0) is 33.5. The van der Waals surface area contributed by atoms with Crippen LogP contribution in [0, 0.1) is 61.6 Å². The molecule has 0 aliphatic heterocycles. The van der Waals surface area contributed by atoms with E-state index in [9.17, 15) is 9.70 Å². The number of carbonyl (C=O) groups is 1. The molecule has 4 saturated carbocycles. The largest absolute Gasteiger partial charge is 0.456 e.